The first-order chi connectivity index (χ1) is 18.6. The van der Waals surface area contributed by atoms with Crippen LogP contribution in [0.2, 0.25) is 0 Å². The number of fused-ring (bicyclic) bond motifs is 6. The quantitative estimate of drug-likeness (QED) is 0.162. The second-order valence-electron chi connectivity index (χ2n) is 10.1. The van der Waals surface area contributed by atoms with E-state index < -0.39 is 0 Å². The van der Waals surface area contributed by atoms with Crippen LogP contribution in [0.15, 0.2) is 130 Å². The van der Waals surface area contributed by atoms with Crippen LogP contribution in [0.25, 0.3) is 75.8 Å². The fraction of sp³-hybridized carbons (Fsp3) is 0. The summed E-state index contributed by atoms with van der Waals surface area (Å²) in [5.41, 5.74) is 2.49. The maximum atomic E-state index is 4.02. The van der Waals surface area contributed by atoms with Crippen molar-refractivity contribution in [2.45, 2.75) is 0 Å². The number of rotatable bonds is 1. The lowest BCUT2D eigenvalue weighted by molar-refractivity contribution is 1.64. The van der Waals surface area contributed by atoms with Gasteiger partial charge in [0, 0.05) is 14.5 Å². The molecule has 0 aromatic heterocycles. The number of hydrogen-bond acceptors (Lipinski definition) is 0. The SMILES string of the molecule is Brc1cc2cc3cc4ccccc4cc3cc2c(-c2c3ccccc3cc3cc4ccccc4cc23)c1Br. The van der Waals surface area contributed by atoms with Crippen molar-refractivity contribution in [1.29, 1.82) is 0 Å². The molecule has 0 spiro atoms. The molecule has 38 heavy (non-hydrogen) atoms. The highest BCUT2D eigenvalue weighted by molar-refractivity contribution is 9.13. The molecule has 0 nitrogen and oxygen atoms in total. The maximum Gasteiger partial charge on any atom is 0.0402 e. The van der Waals surface area contributed by atoms with E-state index in [1.54, 1.807) is 0 Å². The Labute approximate surface area is 236 Å². The van der Waals surface area contributed by atoms with E-state index in [9.17, 15) is 0 Å². The first kappa shape index (κ1) is 22.3. The van der Waals surface area contributed by atoms with Crippen LogP contribution in [0.4, 0.5) is 0 Å². The zero-order chi connectivity index (χ0) is 25.4. The summed E-state index contributed by atoms with van der Waals surface area (Å²) in [7, 11) is 0. The molecule has 0 aliphatic carbocycles. The topological polar surface area (TPSA) is 0 Å². The number of halogens is 2. The van der Waals surface area contributed by atoms with Crippen molar-refractivity contribution in [1.82, 2.24) is 0 Å². The molecule has 8 aromatic rings. The molecule has 0 atom stereocenters. The monoisotopic (exact) mass is 610 g/mol. The average Bonchev–Trinajstić information content (AvgIpc) is 2.94. The Morgan fingerprint density at radius 3 is 1.42 bits per heavy atom. The largest absolute Gasteiger partial charge is 0.0616 e. The Morgan fingerprint density at radius 2 is 0.737 bits per heavy atom. The molecule has 0 saturated heterocycles. The lowest BCUT2D eigenvalue weighted by Gasteiger charge is -2.18. The van der Waals surface area contributed by atoms with Crippen LogP contribution in [-0.2, 0) is 0 Å². The molecule has 0 aliphatic rings. The highest BCUT2D eigenvalue weighted by Gasteiger charge is 2.19. The van der Waals surface area contributed by atoms with Crippen LogP contribution >= 0.6 is 31.9 Å². The van der Waals surface area contributed by atoms with Gasteiger partial charge in [-0.15, -0.1) is 0 Å². The van der Waals surface area contributed by atoms with Crippen molar-refractivity contribution in [3.63, 3.8) is 0 Å². The predicted molar refractivity (Wildman–Crippen MR) is 172 cm³/mol. The molecule has 8 aromatic carbocycles. The van der Waals surface area contributed by atoms with Gasteiger partial charge in [0.2, 0.25) is 0 Å². The summed E-state index contributed by atoms with van der Waals surface area (Å²) < 4.78 is 2.14. The zero-order valence-corrected chi connectivity index (χ0v) is 23.5. The van der Waals surface area contributed by atoms with Gasteiger partial charge in [0.1, 0.15) is 0 Å². The van der Waals surface area contributed by atoms with Gasteiger partial charge in [0.15, 0.2) is 0 Å². The lowest BCUT2D eigenvalue weighted by Crippen LogP contribution is -1.91. The third-order valence-corrected chi connectivity index (χ3v) is 9.81. The first-order valence-corrected chi connectivity index (χ1v) is 14.3. The molecule has 0 radical (unpaired) electrons. The molecule has 0 unspecified atom stereocenters. The van der Waals surface area contributed by atoms with E-state index in [2.05, 4.69) is 153 Å². The molecule has 0 aliphatic heterocycles. The van der Waals surface area contributed by atoms with Crippen molar-refractivity contribution in [2.24, 2.45) is 0 Å². The van der Waals surface area contributed by atoms with Gasteiger partial charge in [0.05, 0.1) is 0 Å². The smallest absolute Gasteiger partial charge is 0.0402 e. The van der Waals surface area contributed by atoms with Gasteiger partial charge in [0.25, 0.3) is 0 Å². The number of benzene rings is 8. The molecule has 0 amide bonds. The minimum absolute atomic E-state index is 1.06. The summed E-state index contributed by atoms with van der Waals surface area (Å²) in [4.78, 5) is 0. The molecule has 0 bridgehead atoms. The fourth-order valence-corrected chi connectivity index (χ4v) is 7.03. The lowest BCUT2D eigenvalue weighted by atomic mass is 9.87. The van der Waals surface area contributed by atoms with Crippen LogP contribution < -0.4 is 0 Å². The minimum Gasteiger partial charge on any atom is -0.0616 e. The summed E-state index contributed by atoms with van der Waals surface area (Å²) in [6.07, 6.45) is 0. The van der Waals surface area contributed by atoms with Gasteiger partial charge in [-0.3, -0.25) is 0 Å². The second-order valence-corrected chi connectivity index (χ2v) is 11.7. The normalized spacial score (nSPS) is 11.9. The van der Waals surface area contributed by atoms with E-state index >= 15 is 0 Å². The van der Waals surface area contributed by atoms with Crippen LogP contribution in [0.3, 0.4) is 0 Å². The molecule has 0 saturated carbocycles. The molecule has 0 N–H and O–H groups in total. The molecule has 178 valence electrons. The Hall–Kier alpha value is -3.72. The Balaban J connectivity index is 1.58. The molecular weight excluding hydrogens is 592 g/mol. The Bertz CT molecular complexity index is 2250. The average molecular weight is 612 g/mol. The summed E-state index contributed by atoms with van der Waals surface area (Å²) in [6.45, 7) is 0. The second kappa shape index (κ2) is 8.39. The fourth-order valence-electron chi connectivity index (χ4n) is 6.05. The van der Waals surface area contributed by atoms with Gasteiger partial charge in [-0.1, -0.05) is 72.8 Å². The summed E-state index contributed by atoms with van der Waals surface area (Å²) >= 11 is 7.91. The highest BCUT2D eigenvalue weighted by Crippen LogP contribution is 2.47. The summed E-state index contributed by atoms with van der Waals surface area (Å²) in [6, 6.07) is 44.6. The number of hydrogen-bond donors (Lipinski definition) is 0. The molecule has 0 fully saturated rings. The molecular formula is C36H20Br2. The van der Waals surface area contributed by atoms with Crippen molar-refractivity contribution in [3.05, 3.63) is 130 Å². The summed E-state index contributed by atoms with van der Waals surface area (Å²) in [5.74, 6) is 0. The van der Waals surface area contributed by atoms with Gasteiger partial charge in [-0.2, -0.15) is 0 Å². The summed E-state index contributed by atoms with van der Waals surface area (Å²) in [5, 5.41) is 15.0. The van der Waals surface area contributed by atoms with Gasteiger partial charge < -0.3 is 0 Å². The van der Waals surface area contributed by atoms with E-state index in [0.717, 1.165) is 8.95 Å². The third kappa shape index (κ3) is 3.34. The van der Waals surface area contributed by atoms with E-state index in [4.69, 9.17) is 0 Å². The highest BCUT2D eigenvalue weighted by atomic mass is 79.9. The van der Waals surface area contributed by atoms with Crippen LogP contribution in [-0.4, -0.2) is 0 Å². The standard InChI is InChI=1S/C36H20Br2/c37-33-20-29-17-26-13-21-7-1-2-8-22(21)14-27(26)19-32(29)35(36(33)38)34-30-12-6-5-11-25(30)16-28-15-23-9-3-4-10-24(23)18-31(28)34/h1-20H. The van der Waals surface area contributed by atoms with Crippen molar-refractivity contribution in [2.75, 3.05) is 0 Å². The minimum atomic E-state index is 1.06. The maximum absolute atomic E-state index is 4.02. The van der Waals surface area contributed by atoms with E-state index in [0.29, 0.717) is 0 Å². The van der Waals surface area contributed by atoms with Gasteiger partial charge >= 0.3 is 0 Å². The van der Waals surface area contributed by atoms with Crippen LogP contribution in [0.5, 0.6) is 0 Å². The van der Waals surface area contributed by atoms with Gasteiger partial charge in [-0.05, 0) is 151 Å². The molecule has 2 heteroatoms. The van der Waals surface area contributed by atoms with E-state index in [1.165, 1.54) is 75.8 Å². The Kier molecular flexibility index (Phi) is 4.92. The van der Waals surface area contributed by atoms with Crippen molar-refractivity contribution in [3.8, 4) is 11.1 Å². The van der Waals surface area contributed by atoms with Gasteiger partial charge in [-0.25, -0.2) is 0 Å². The van der Waals surface area contributed by atoms with E-state index in [1.807, 2.05) is 0 Å². The molecule has 0 heterocycles. The van der Waals surface area contributed by atoms with Crippen LogP contribution in [0.1, 0.15) is 0 Å². The predicted octanol–water partition coefficient (Wildman–Crippen LogP) is 11.8. The first-order valence-electron chi connectivity index (χ1n) is 12.7. The molecule has 8 rings (SSSR count). The third-order valence-electron chi connectivity index (χ3n) is 7.83. The van der Waals surface area contributed by atoms with Crippen LogP contribution in [0, 0.1) is 0 Å². The van der Waals surface area contributed by atoms with E-state index in [-0.39, 0.29) is 0 Å². The van der Waals surface area contributed by atoms with Crippen molar-refractivity contribution >= 4 is 96.5 Å². The zero-order valence-electron chi connectivity index (χ0n) is 20.3. The Morgan fingerprint density at radius 1 is 0.316 bits per heavy atom. The van der Waals surface area contributed by atoms with Crippen molar-refractivity contribution < 1.29 is 0 Å².